The number of benzene rings is 1. The van der Waals surface area contributed by atoms with Gasteiger partial charge in [-0.2, -0.15) is 0 Å². The van der Waals surface area contributed by atoms with E-state index >= 15 is 0 Å². The third kappa shape index (κ3) is 15.4. The predicted molar refractivity (Wildman–Crippen MR) is 98.2 cm³/mol. The lowest BCUT2D eigenvalue weighted by molar-refractivity contribution is 0.194. The number of methoxy groups -OCH3 is 1. The number of aryl methyl sites for hydroxylation is 1. The molecule has 1 unspecified atom stereocenters. The molecule has 1 aromatic carbocycles. The Bertz CT molecular complexity index is 434. The number of rotatable bonds is 6. The van der Waals surface area contributed by atoms with Gasteiger partial charge in [0.2, 0.25) is 0 Å². The molecule has 0 saturated carbocycles. The standard InChI is InChI=1S/C8H10O.C6H13NO3.C4H9NO/c1-7-3-5-8(9-2)6-4-7;8-5-3-1-2-4-7-6(9)10;6-4-1-2-5-3-4/h3-6H,1-2H3;7-8H,1-5H2,(H,9,10);4-6H,1-3H2. The van der Waals surface area contributed by atoms with Crippen molar-refractivity contribution in [2.45, 2.75) is 38.7 Å². The normalized spacial score (nSPS) is 15.3. The van der Waals surface area contributed by atoms with Crippen LogP contribution in [0.25, 0.3) is 0 Å². The van der Waals surface area contributed by atoms with Crippen LogP contribution in [0.2, 0.25) is 0 Å². The third-order valence-corrected chi connectivity index (χ3v) is 3.40. The number of nitrogens with one attached hydrogen (secondary N) is 2. The molecule has 0 aromatic heterocycles. The maximum absolute atomic E-state index is 9.87. The second-order valence-corrected chi connectivity index (χ2v) is 5.68. The summed E-state index contributed by atoms with van der Waals surface area (Å²) in [5.41, 5.74) is 1.26. The lowest BCUT2D eigenvalue weighted by Crippen LogP contribution is -2.21. The Kier molecular flexibility index (Phi) is 14.5. The van der Waals surface area contributed by atoms with Crippen LogP contribution in [0.1, 0.15) is 31.2 Å². The van der Waals surface area contributed by atoms with E-state index in [1.54, 1.807) is 7.11 Å². The maximum atomic E-state index is 9.87. The molecule has 5 N–H and O–H groups in total. The molecule has 7 heteroatoms. The molecule has 0 bridgehead atoms. The molecule has 0 spiro atoms. The number of carboxylic acid groups (broad SMARTS) is 1. The number of hydrogen-bond acceptors (Lipinski definition) is 5. The molecule has 1 amide bonds. The van der Waals surface area contributed by atoms with E-state index in [-0.39, 0.29) is 12.7 Å². The number of hydrogen-bond donors (Lipinski definition) is 5. The van der Waals surface area contributed by atoms with Crippen molar-refractivity contribution in [3.8, 4) is 5.75 Å². The van der Waals surface area contributed by atoms with E-state index < -0.39 is 6.09 Å². The minimum atomic E-state index is -0.982. The van der Waals surface area contributed by atoms with Crippen molar-refractivity contribution in [1.29, 1.82) is 0 Å². The molecule has 144 valence electrons. The van der Waals surface area contributed by atoms with Crippen LogP contribution in [-0.4, -0.2) is 60.9 Å². The van der Waals surface area contributed by atoms with Crippen molar-refractivity contribution in [1.82, 2.24) is 10.6 Å². The maximum Gasteiger partial charge on any atom is 0.404 e. The minimum Gasteiger partial charge on any atom is -0.497 e. The smallest absolute Gasteiger partial charge is 0.404 e. The molecule has 1 aliphatic rings. The van der Waals surface area contributed by atoms with Gasteiger partial charge in [-0.15, -0.1) is 0 Å². The Balaban J connectivity index is 0.000000355. The lowest BCUT2D eigenvalue weighted by Gasteiger charge is -1.98. The third-order valence-electron chi connectivity index (χ3n) is 3.40. The number of unbranched alkanes of at least 4 members (excludes halogenated alkanes) is 2. The fourth-order valence-electron chi connectivity index (χ4n) is 1.92. The Hall–Kier alpha value is -1.83. The van der Waals surface area contributed by atoms with Gasteiger partial charge in [0.15, 0.2) is 0 Å². The van der Waals surface area contributed by atoms with E-state index in [2.05, 4.69) is 17.6 Å². The highest BCUT2D eigenvalue weighted by atomic mass is 16.5. The Labute approximate surface area is 150 Å². The van der Waals surface area contributed by atoms with E-state index in [0.29, 0.717) is 6.54 Å². The van der Waals surface area contributed by atoms with Crippen LogP contribution in [0.15, 0.2) is 24.3 Å². The van der Waals surface area contributed by atoms with Gasteiger partial charge in [0.05, 0.1) is 13.2 Å². The van der Waals surface area contributed by atoms with Gasteiger partial charge in [-0.1, -0.05) is 17.7 Å². The van der Waals surface area contributed by atoms with E-state index in [4.69, 9.17) is 20.1 Å². The summed E-state index contributed by atoms with van der Waals surface area (Å²) in [6.07, 6.45) is 2.30. The van der Waals surface area contributed by atoms with Crippen molar-refractivity contribution in [3.05, 3.63) is 29.8 Å². The second kappa shape index (κ2) is 15.7. The first kappa shape index (κ1) is 23.2. The highest BCUT2D eigenvalue weighted by Gasteiger charge is 2.08. The van der Waals surface area contributed by atoms with Gasteiger partial charge < -0.3 is 30.7 Å². The first-order valence-corrected chi connectivity index (χ1v) is 8.56. The van der Waals surface area contributed by atoms with E-state index in [9.17, 15) is 4.79 Å². The van der Waals surface area contributed by atoms with Crippen molar-refractivity contribution in [2.24, 2.45) is 0 Å². The van der Waals surface area contributed by atoms with Gasteiger partial charge in [0.25, 0.3) is 0 Å². The van der Waals surface area contributed by atoms with Gasteiger partial charge in [0.1, 0.15) is 5.75 Å². The monoisotopic (exact) mass is 356 g/mol. The summed E-state index contributed by atoms with van der Waals surface area (Å²) >= 11 is 0. The average molecular weight is 356 g/mol. The summed E-state index contributed by atoms with van der Waals surface area (Å²) in [5.74, 6) is 0.917. The largest absolute Gasteiger partial charge is 0.497 e. The highest BCUT2D eigenvalue weighted by Crippen LogP contribution is 2.09. The Morgan fingerprint density at radius 3 is 2.36 bits per heavy atom. The van der Waals surface area contributed by atoms with Crippen LogP contribution in [0.5, 0.6) is 5.75 Å². The molecular formula is C18H32N2O5. The van der Waals surface area contributed by atoms with Gasteiger partial charge >= 0.3 is 6.09 Å². The van der Waals surface area contributed by atoms with Crippen LogP contribution in [0.4, 0.5) is 4.79 Å². The van der Waals surface area contributed by atoms with Gasteiger partial charge in [-0.25, -0.2) is 4.79 Å². The van der Waals surface area contributed by atoms with Crippen LogP contribution in [0.3, 0.4) is 0 Å². The van der Waals surface area contributed by atoms with E-state index in [0.717, 1.165) is 44.5 Å². The fraction of sp³-hybridized carbons (Fsp3) is 0.611. The highest BCUT2D eigenvalue weighted by molar-refractivity contribution is 5.64. The summed E-state index contributed by atoms with van der Waals surface area (Å²) < 4.78 is 4.97. The van der Waals surface area contributed by atoms with Gasteiger partial charge in [0, 0.05) is 19.7 Å². The minimum absolute atomic E-state index is 0.0648. The molecular weight excluding hydrogens is 324 g/mol. The summed E-state index contributed by atoms with van der Waals surface area (Å²) in [7, 11) is 1.67. The average Bonchev–Trinajstić information content (AvgIpc) is 3.07. The summed E-state index contributed by atoms with van der Waals surface area (Å²) in [6.45, 7) is 4.50. The topological polar surface area (TPSA) is 111 Å². The van der Waals surface area contributed by atoms with E-state index in [1.807, 2.05) is 24.3 Å². The molecule has 2 rings (SSSR count). The molecule has 1 aromatic rings. The van der Waals surface area contributed by atoms with Crippen molar-refractivity contribution >= 4 is 6.09 Å². The van der Waals surface area contributed by atoms with Gasteiger partial charge in [-0.05, 0) is 51.3 Å². The fourth-order valence-corrected chi connectivity index (χ4v) is 1.92. The molecule has 1 heterocycles. The SMILES string of the molecule is COc1ccc(C)cc1.O=C(O)NCCCCCO.OC1CCNC1. The summed E-state index contributed by atoms with van der Waals surface area (Å²) in [6, 6.07) is 7.96. The number of carbonyl (C=O) groups is 1. The summed E-state index contributed by atoms with van der Waals surface area (Å²) in [5, 5.41) is 30.4. The van der Waals surface area contributed by atoms with Crippen molar-refractivity contribution in [3.63, 3.8) is 0 Å². The van der Waals surface area contributed by atoms with Crippen LogP contribution in [0, 0.1) is 6.92 Å². The molecule has 0 radical (unpaired) electrons. The Morgan fingerprint density at radius 2 is 1.96 bits per heavy atom. The van der Waals surface area contributed by atoms with E-state index in [1.165, 1.54) is 5.56 Å². The van der Waals surface area contributed by atoms with Crippen LogP contribution < -0.4 is 15.4 Å². The number of amides is 1. The first-order chi connectivity index (χ1) is 12.0. The zero-order valence-corrected chi connectivity index (χ0v) is 15.2. The summed E-state index contributed by atoms with van der Waals surface area (Å²) in [4.78, 5) is 9.87. The quantitative estimate of drug-likeness (QED) is 0.497. The first-order valence-electron chi connectivity index (χ1n) is 8.56. The molecule has 1 atom stereocenters. The van der Waals surface area contributed by atoms with Crippen molar-refractivity contribution in [2.75, 3.05) is 33.4 Å². The lowest BCUT2D eigenvalue weighted by atomic mass is 10.2. The molecule has 1 aliphatic heterocycles. The molecule has 7 nitrogen and oxygen atoms in total. The van der Waals surface area contributed by atoms with Crippen LogP contribution in [-0.2, 0) is 0 Å². The second-order valence-electron chi connectivity index (χ2n) is 5.68. The number of β-amino-alcohol motifs (C(OH)–C–C–N with tert-alkyl or cyclic N) is 1. The molecule has 0 aliphatic carbocycles. The number of ether oxygens (including phenoxy) is 1. The number of aliphatic hydroxyl groups excluding tert-OH is 2. The zero-order chi connectivity index (χ0) is 18.9. The molecule has 25 heavy (non-hydrogen) atoms. The van der Waals surface area contributed by atoms with Crippen LogP contribution >= 0.6 is 0 Å². The van der Waals surface area contributed by atoms with Crippen molar-refractivity contribution < 1.29 is 24.9 Å². The molecule has 1 saturated heterocycles. The Morgan fingerprint density at radius 1 is 1.28 bits per heavy atom. The molecule has 1 fully saturated rings. The zero-order valence-electron chi connectivity index (χ0n) is 15.2. The van der Waals surface area contributed by atoms with Gasteiger partial charge in [-0.3, -0.25) is 0 Å². The number of aliphatic hydroxyl groups is 2. The predicted octanol–water partition coefficient (Wildman–Crippen LogP) is 1.76.